The highest BCUT2D eigenvalue weighted by Crippen LogP contribution is 2.49. The van der Waals surface area contributed by atoms with Gasteiger partial charge in [0.15, 0.2) is 0 Å². The number of aromatic nitrogens is 3. The van der Waals surface area contributed by atoms with Crippen LogP contribution in [0.15, 0.2) is 24.4 Å². The molecule has 2 saturated carbocycles. The van der Waals surface area contributed by atoms with Gasteiger partial charge < -0.3 is 24.9 Å². The molecule has 0 bridgehead atoms. The van der Waals surface area contributed by atoms with E-state index in [9.17, 15) is 17.7 Å². The zero-order valence-electron chi connectivity index (χ0n) is 21.3. The normalized spacial score (nSPS) is 20.6. The fourth-order valence-corrected chi connectivity index (χ4v) is 8.30. The summed E-state index contributed by atoms with van der Waals surface area (Å²) >= 11 is 0. The number of alkyl halides is 3. The molecule has 1 aliphatic heterocycles. The van der Waals surface area contributed by atoms with Crippen LogP contribution in [0, 0.1) is 0 Å². The summed E-state index contributed by atoms with van der Waals surface area (Å²) in [5.41, 5.74) is -0.148. The van der Waals surface area contributed by atoms with E-state index in [0.717, 1.165) is 50.3 Å². The van der Waals surface area contributed by atoms with Crippen molar-refractivity contribution in [2.75, 3.05) is 43.2 Å². The van der Waals surface area contributed by atoms with Crippen LogP contribution < -0.4 is 20.7 Å². The number of methoxy groups -OCH3 is 1. The largest absolute Gasteiger partial charge is 0.495 e. The Morgan fingerprint density at radius 1 is 1.11 bits per heavy atom. The number of nitrogens with zero attached hydrogens (tertiary/aromatic N) is 3. The first kappa shape index (κ1) is 25.5. The fraction of sp³-hybridized carbons (Fsp3) is 0.538. The molecule has 1 saturated heterocycles. The minimum atomic E-state index is -4.53. The van der Waals surface area contributed by atoms with Crippen molar-refractivity contribution in [2.45, 2.75) is 56.8 Å². The summed E-state index contributed by atoms with van der Waals surface area (Å²) < 4.78 is 60.5. The van der Waals surface area contributed by atoms with E-state index in [0.29, 0.717) is 29.8 Å². The van der Waals surface area contributed by atoms with Crippen molar-refractivity contribution in [3.05, 3.63) is 30.0 Å². The lowest BCUT2D eigenvalue weighted by Gasteiger charge is -2.32. The molecule has 0 spiro atoms. The van der Waals surface area contributed by atoms with Crippen LogP contribution in [-0.2, 0) is 10.7 Å². The average molecular weight is 549 g/mol. The Balaban J connectivity index is 1.29. The number of anilines is 3. The van der Waals surface area contributed by atoms with E-state index in [1.54, 1.807) is 6.07 Å². The van der Waals surface area contributed by atoms with E-state index in [4.69, 9.17) is 4.74 Å². The molecule has 2 aromatic heterocycles. The maximum atomic E-state index is 13.8. The van der Waals surface area contributed by atoms with E-state index >= 15 is 0 Å². The van der Waals surface area contributed by atoms with Crippen molar-refractivity contribution in [3.8, 4) is 5.75 Å². The number of benzene rings is 1. The van der Waals surface area contributed by atoms with Gasteiger partial charge in [0.1, 0.15) is 24.4 Å². The molecule has 1 aromatic carbocycles. The molecule has 12 heteroatoms. The number of aromatic amines is 1. The van der Waals surface area contributed by atoms with Crippen LogP contribution in [-0.4, -0.2) is 64.5 Å². The number of rotatable bonds is 7. The van der Waals surface area contributed by atoms with Gasteiger partial charge in [0.25, 0.3) is 0 Å². The van der Waals surface area contributed by atoms with Gasteiger partial charge in [-0.1, -0.05) is 12.8 Å². The zero-order valence-corrected chi connectivity index (χ0v) is 22.2. The van der Waals surface area contributed by atoms with Crippen molar-refractivity contribution in [2.24, 2.45) is 0 Å². The number of H-pyrrole nitrogens is 1. The summed E-state index contributed by atoms with van der Waals surface area (Å²) in [5, 5.41) is 7.07. The van der Waals surface area contributed by atoms with Crippen molar-refractivity contribution < 1.29 is 22.5 Å². The molecule has 8 nitrogen and oxygen atoms in total. The van der Waals surface area contributed by atoms with E-state index < -0.39 is 18.9 Å². The first-order valence-corrected chi connectivity index (χ1v) is 15.3. The third-order valence-electron chi connectivity index (χ3n) is 8.00. The van der Waals surface area contributed by atoms with Crippen LogP contribution >= 0.6 is 7.14 Å². The lowest BCUT2D eigenvalue weighted by Crippen LogP contribution is -2.38. The second-order valence-electron chi connectivity index (χ2n) is 10.6. The average Bonchev–Trinajstić information content (AvgIpc) is 3.42. The van der Waals surface area contributed by atoms with Gasteiger partial charge in [-0.2, -0.15) is 23.1 Å². The molecule has 0 atom stereocenters. The smallest absolute Gasteiger partial charge is 0.418 e. The monoisotopic (exact) mass is 548 g/mol. The second kappa shape index (κ2) is 9.75. The lowest BCUT2D eigenvalue weighted by atomic mass is 10.2. The molecule has 0 unspecified atom stereocenters. The van der Waals surface area contributed by atoms with Gasteiger partial charge in [0, 0.05) is 49.0 Å². The van der Waals surface area contributed by atoms with Crippen molar-refractivity contribution in [1.82, 2.24) is 19.9 Å². The molecular formula is C26H32F3N6O2P. The molecule has 204 valence electrons. The number of hydrogen-bond donors (Lipinski definition) is 3. The number of ether oxygens (including phenoxy) is 1. The number of nitrogens with one attached hydrogen (secondary N) is 3. The van der Waals surface area contributed by atoms with Gasteiger partial charge in [-0.3, -0.25) is 4.90 Å². The van der Waals surface area contributed by atoms with Crippen molar-refractivity contribution in [1.29, 1.82) is 0 Å². The van der Waals surface area contributed by atoms with Crippen LogP contribution in [0.2, 0.25) is 0 Å². The topological polar surface area (TPSA) is 95.2 Å². The second-order valence-corrected chi connectivity index (χ2v) is 13.7. The van der Waals surface area contributed by atoms with Gasteiger partial charge in [0.2, 0.25) is 5.95 Å². The predicted octanol–water partition coefficient (Wildman–Crippen LogP) is 5.55. The first-order valence-electron chi connectivity index (χ1n) is 13.2. The Labute approximate surface area is 219 Å². The molecular weight excluding hydrogens is 516 g/mol. The van der Waals surface area contributed by atoms with Crippen molar-refractivity contribution in [3.63, 3.8) is 0 Å². The molecule has 3 N–H and O–H groups in total. The van der Waals surface area contributed by atoms with Gasteiger partial charge in [-0.15, -0.1) is 0 Å². The van der Waals surface area contributed by atoms with Gasteiger partial charge >= 0.3 is 6.18 Å². The Kier molecular flexibility index (Phi) is 6.54. The SMILES string of the molecule is COc1cc(P2(=O)CCN(C3CC3)CC2)ccc1Nc1nc(NC2CCCC2)c2c(C(F)(F)F)c[nH]c2n1. The van der Waals surface area contributed by atoms with Crippen LogP contribution in [0.3, 0.4) is 0 Å². The number of fused-ring (bicyclic) bond motifs is 1. The summed E-state index contributed by atoms with van der Waals surface area (Å²) in [5.74, 6) is 0.781. The van der Waals surface area contributed by atoms with Gasteiger partial charge in [-0.25, -0.2) is 0 Å². The van der Waals surface area contributed by atoms with E-state index in [1.807, 2.05) is 12.1 Å². The summed E-state index contributed by atoms with van der Waals surface area (Å²) in [7, 11) is -0.995. The first-order chi connectivity index (χ1) is 18.2. The summed E-state index contributed by atoms with van der Waals surface area (Å²) in [6.07, 6.45) is 4.02. The van der Waals surface area contributed by atoms with E-state index in [1.165, 1.54) is 20.0 Å². The number of hydrogen-bond acceptors (Lipinski definition) is 7. The molecule has 3 heterocycles. The van der Waals surface area contributed by atoms with Crippen LogP contribution in [0.1, 0.15) is 44.1 Å². The minimum absolute atomic E-state index is 0.0621. The minimum Gasteiger partial charge on any atom is -0.495 e. The lowest BCUT2D eigenvalue weighted by molar-refractivity contribution is -0.136. The molecule has 3 fully saturated rings. The fourth-order valence-electron chi connectivity index (χ4n) is 5.70. The van der Waals surface area contributed by atoms with Gasteiger partial charge in [0.05, 0.1) is 23.7 Å². The Morgan fingerprint density at radius 2 is 1.84 bits per heavy atom. The zero-order chi connectivity index (χ0) is 26.5. The molecule has 2 aliphatic carbocycles. The maximum absolute atomic E-state index is 13.8. The maximum Gasteiger partial charge on any atom is 0.418 e. The standard InChI is InChI=1S/C26H32F3N6O2P/c1-37-21-14-18(38(36)12-10-35(11-13-38)17-6-7-17)8-9-20(21)32-25-33-23-22(19(15-30-23)26(27,28)29)24(34-25)31-16-4-2-3-5-16/h8-9,14-17H,2-7,10-13H2,1H3,(H3,30,31,32,33,34). The summed E-state index contributed by atoms with van der Waals surface area (Å²) in [6.45, 7) is 1.70. The highest BCUT2D eigenvalue weighted by molar-refractivity contribution is 7.71. The van der Waals surface area contributed by atoms with E-state index in [-0.39, 0.29) is 28.8 Å². The molecule has 3 aliphatic rings. The Morgan fingerprint density at radius 3 is 2.50 bits per heavy atom. The predicted molar refractivity (Wildman–Crippen MR) is 143 cm³/mol. The third-order valence-corrected chi connectivity index (χ3v) is 11.1. The van der Waals surface area contributed by atoms with Crippen molar-refractivity contribution >= 4 is 40.9 Å². The number of halogens is 3. The molecule has 38 heavy (non-hydrogen) atoms. The highest BCUT2D eigenvalue weighted by atomic mass is 31.2. The van der Waals surface area contributed by atoms with E-state index in [2.05, 4.69) is 30.5 Å². The Bertz CT molecular complexity index is 1370. The Hall–Kier alpha value is -2.78. The molecule has 0 amide bonds. The van der Waals surface area contributed by atoms with Crippen LogP contribution in [0.4, 0.5) is 30.6 Å². The van der Waals surface area contributed by atoms with Gasteiger partial charge in [-0.05, 0) is 43.9 Å². The quantitative estimate of drug-likeness (QED) is 0.333. The third kappa shape index (κ3) is 4.98. The molecule has 6 rings (SSSR count). The summed E-state index contributed by atoms with van der Waals surface area (Å²) in [4.78, 5) is 13.9. The van der Waals surface area contributed by atoms with Crippen LogP contribution in [0.5, 0.6) is 5.75 Å². The van der Waals surface area contributed by atoms with Crippen LogP contribution in [0.25, 0.3) is 11.0 Å². The molecule has 0 radical (unpaired) electrons. The summed E-state index contributed by atoms with van der Waals surface area (Å²) in [6, 6.07) is 6.18. The highest BCUT2D eigenvalue weighted by Gasteiger charge is 2.38. The molecule has 3 aromatic rings.